The third kappa shape index (κ3) is 4.54. The molecule has 9 heteroatoms. The number of likely N-dealkylation sites (N-methyl/N-ethyl adjacent to an activating group) is 1. The highest BCUT2D eigenvalue weighted by Gasteiger charge is 2.30. The van der Waals surface area contributed by atoms with Gasteiger partial charge in [-0.25, -0.2) is 9.59 Å². The van der Waals surface area contributed by atoms with Crippen LogP contribution in [-0.2, 0) is 14.3 Å². The second-order valence-corrected chi connectivity index (χ2v) is 6.05. The van der Waals surface area contributed by atoms with Gasteiger partial charge in [0.05, 0.1) is 13.2 Å². The number of esters is 1. The Bertz CT molecular complexity index is 762. The fourth-order valence-corrected chi connectivity index (χ4v) is 2.60. The van der Waals surface area contributed by atoms with Gasteiger partial charge < -0.3 is 19.5 Å². The lowest BCUT2D eigenvalue weighted by Crippen LogP contribution is -2.25. The molecule has 8 nitrogen and oxygen atoms in total. The first-order valence-electron chi connectivity index (χ1n) is 7.92. The van der Waals surface area contributed by atoms with Crippen LogP contribution < -0.4 is 14.8 Å². The van der Waals surface area contributed by atoms with E-state index in [9.17, 15) is 14.4 Å². The van der Waals surface area contributed by atoms with Gasteiger partial charge in [-0.2, -0.15) is 0 Å². The fraction of sp³-hybridized carbons (Fsp3) is 0.353. The van der Waals surface area contributed by atoms with Crippen LogP contribution in [0.4, 0.5) is 4.79 Å². The SMILES string of the molecule is CCOC(=O)COc1cc(Br)c(/C=C2/NC(=O)N(C)C2=O)cc1OCC. The zero-order valence-electron chi connectivity index (χ0n) is 14.6. The van der Waals surface area contributed by atoms with E-state index in [0.717, 1.165) is 4.90 Å². The Labute approximate surface area is 159 Å². The number of carbonyl (C=O) groups excluding carboxylic acids is 3. The Morgan fingerprint density at radius 1 is 1.19 bits per heavy atom. The van der Waals surface area contributed by atoms with Crippen LogP contribution in [0.25, 0.3) is 6.08 Å². The summed E-state index contributed by atoms with van der Waals surface area (Å²) in [5, 5.41) is 2.49. The van der Waals surface area contributed by atoms with Gasteiger partial charge in [-0.15, -0.1) is 0 Å². The molecular weight excluding hydrogens is 408 g/mol. The van der Waals surface area contributed by atoms with E-state index in [2.05, 4.69) is 21.2 Å². The fourth-order valence-electron chi connectivity index (χ4n) is 2.16. The van der Waals surface area contributed by atoms with Crippen LogP contribution >= 0.6 is 15.9 Å². The lowest BCUT2D eigenvalue weighted by Gasteiger charge is -2.13. The van der Waals surface area contributed by atoms with Crippen molar-refractivity contribution >= 4 is 39.9 Å². The number of ether oxygens (including phenoxy) is 3. The number of hydrogen-bond donors (Lipinski definition) is 1. The van der Waals surface area contributed by atoms with Gasteiger partial charge >= 0.3 is 12.0 Å². The zero-order chi connectivity index (χ0) is 19.3. The van der Waals surface area contributed by atoms with Crippen LogP contribution in [0, 0.1) is 0 Å². The number of hydrogen-bond acceptors (Lipinski definition) is 6. The van der Waals surface area contributed by atoms with E-state index >= 15 is 0 Å². The normalized spacial score (nSPS) is 15.2. The number of amides is 3. The lowest BCUT2D eigenvalue weighted by atomic mass is 10.1. The molecule has 1 aliphatic rings. The number of imide groups is 1. The maximum Gasteiger partial charge on any atom is 0.344 e. The van der Waals surface area contributed by atoms with Gasteiger partial charge in [0.15, 0.2) is 18.1 Å². The second-order valence-electron chi connectivity index (χ2n) is 5.20. The molecular formula is C17H19BrN2O6. The molecule has 0 aliphatic carbocycles. The number of carbonyl (C=O) groups is 3. The van der Waals surface area contributed by atoms with E-state index in [1.807, 2.05) is 6.92 Å². The highest BCUT2D eigenvalue weighted by Crippen LogP contribution is 2.35. The topological polar surface area (TPSA) is 94.2 Å². The molecule has 140 valence electrons. The summed E-state index contributed by atoms with van der Waals surface area (Å²) in [5.41, 5.74) is 0.761. The number of urea groups is 1. The minimum atomic E-state index is -0.489. The van der Waals surface area contributed by atoms with Crippen molar-refractivity contribution < 1.29 is 28.6 Å². The second kappa shape index (κ2) is 8.70. The summed E-state index contributed by atoms with van der Waals surface area (Å²) >= 11 is 3.39. The molecule has 1 aromatic carbocycles. The van der Waals surface area contributed by atoms with Crippen molar-refractivity contribution in [2.45, 2.75) is 13.8 Å². The molecule has 0 aromatic heterocycles. The Morgan fingerprint density at radius 3 is 2.46 bits per heavy atom. The summed E-state index contributed by atoms with van der Waals surface area (Å²) in [4.78, 5) is 36.0. The number of halogens is 1. The van der Waals surface area contributed by atoms with Crippen LogP contribution in [0.15, 0.2) is 22.3 Å². The molecule has 2 rings (SSSR count). The van der Waals surface area contributed by atoms with Gasteiger partial charge in [0, 0.05) is 11.5 Å². The quantitative estimate of drug-likeness (QED) is 0.408. The molecule has 0 radical (unpaired) electrons. The third-order valence-corrected chi connectivity index (χ3v) is 4.08. The summed E-state index contributed by atoms with van der Waals surface area (Å²) in [5.74, 6) is -0.160. The summed E-state index contributed by atoms with van der Waals surface area (Å²) in [6, 6.07) is 2.79. The molecule has 1 N–H and O–H groups in total. The van der Waals surface area contributed by atoms with E-state index in [1.165, 1.54) is 13.1 Å². The molecule has 0 bridgehead atoms. The minimum Gasteiger partial charge on any atom is -0.490 e. The standard InChI is InChI=1S/C17H19BrN2O6/c1-4-24-13-7-10(6-12-16(22)20(3)17(23)19-12)11(18)8-14(13)26-9-15(21)25-5-2/h6-8H,4-5,9H2,1-3H3,(H,19,23)/b12-6+. The third-order valence-electron chi connectivity index (χ3n) is 3.39. The van der Waals surface area contributed by atoms with E-state index in [1.54, 1.807) is 19.1 Å². The van der Waals surface area contributed by atoms with Crippen LogP contribution in [0.1, 0.15) is 19.4 Å². The molecule has 1 aromatic rings. The summed E-state index contributed by atoms with van der Waals surface area (Å²) in [7, 11) is 1.39. The van der Waals surface area contributed by atoms with Crippen molar-refractivity contribution in [3.8, 4) is 11.5 Å². The number of nitrogens with zero attached hydrogens (tertiary/aromatic N) is 1. The van der Waals surface area contributed by atoms with Crippen molar-refractivity contribution in [3.63, 3.8) is 0 Å². The maximum absolute atomic E-state index is 12.0. The van der Waals surface area contributed by atoms with Crippen LogP contribution in [-0.4, -0.2) is 49.7 Å². The molecule has 0 saturated carbocycles. The van der Waals surface area contributed by atoms with Gasteiger partial charge in [-0.3, -0.25) is 9.69 Å². The van der Waals surface area contributed by atoms with E-state index in [0.29, 0.717) is 28.1 Å². The van der Waals surface area contributed by atoms with Gasteiger partial charge in [0.25, 0.3) is 5.91 Å². The summed E-state index contributed by atoms with van der Waals surface area (Å²) in [6.45, 7) is 3.92. The van der Waals surface area contributed by atoms with Crippen molar-refractivity contribution in [1.82, 2.24) is 10.2 Å². The minimum absolute atomic E-state index is 0.154. The predicted octanol–water partition coefficient (Wildman–Crippen LogP) is 2.31. The van der Waals surface area contributed by atoms with Crippen LogP contribution in [0.2, 0.25) is 0 Å². The van der Waals surface area contributed by atoms with Gasteiger partial charge in [0.1, 0.15) is 5.70 Å². The highest BCUT2D eigenvalue weighted by molar-refractivity contribution is 9.10. The molecule has 3 amide bonds. The first-order chi connectivity index (χ1) is 12.4. The van der Waals surface area contributed by atoms with Crippen LogP contribution in [0.3, 0.4) is 0 Å². The highest BCUT2D eigenvalue weighted by atomic mass is 79.9. The Balaban J connectivity index is 2.29. The monoisotopic (exact) mass is 426 g/mol. The van der Waals surface area contributed by atoms with Crippen molar-refractivity contribution in [1.29, 1.82) is 0 Å². The largest absolute Gasteiger partial charge is 0.490 e. The Kier molecular flexibility index (Phi) is 6.62. The number of benzene rings is 1. The van der Waals surface area contributed by atoms with E-state index in [4.69, 9.17) is 14.2 Å². The number of nitrogens with one attached hydrogen (secondary N) is 1. The Morgan fingerprint density at radius 2 is 1.88 bits per heavy atom. The maximum atomic E-state index is 12.0. The molecule has 0 spiro atoms. The molecule has 1 heterocycles. The molecule has 0 unspecified atom stereocenters. The van der Waals surface area contributed by atoms with Crippen molar-refractivity contribution in [2.24, 2.45) is 0 Å². The smallest absolute Gasteiger partial charge is 0.344 e. The molecule has 1 fully saturated rings. The first kappa shape index (κ1) is 19.8. The van der Waals surface area contributed by atoms with Crippen LogP contribution in [0.5, 0.6) is 11.5 Å². The van der Waals surface area contributed by atoms with Crippen molar-refractivity contribution in [2.75, 3.05) is 26.9 Å². The molecule has 1 saturated heterocycles. The number of rotatable bonds is 7. The molecule has 0 atom stereocenters. The van der Waals surface area contributed by atoms with Gasteiger partial charge in [0.2, 0.25) is 0 Å². The van der Waals surface area contributed by atoms with E-state index < -0.39 is 17.9 Å². The lowest BCUT2D eigenvalue weighted by molar-refractivity contribution is -0.145. The predicted molar refractivity (Wildman–Crippen MR) is 96.7 cm³/mol. The van der Waals surface area contributed by atoms with Crippen molar-refractivity contribution in [3.05, 3.63) is 27.9 Å². The Hall–Kier alpha value is -2.55. The average Bonchev–Trinajstić information content (AvgIpc) is 2.83. The first-order valence-corrected chi connectivity index (χ1v) is 8.72. The summed E-state index contributed by atoms with van der Waals surface area (Å²) < 4.78 is 16.4. The summed E-state index contributed by atoms with van der Waals surface area (Å²) in [6.07, 6.45) is 1.53. The molecule has 1 aliphatic heterocycles. The zero-order valence-corrected chi connectivity index (χ0v) is 16.2. The van der Waals surface area contributed by atoms with E-state index in [-0.39, 0.29) is 18.9 Å². The van der Waals surface area contributed by atoms with Gasteiger partial charge in [-0.05, 0) is 37.6 Å². The van der Waals surface area contributed by atoms with Gasteiger partial charge in [-0.1, -0.05) is 15.9 Å². The average molecular weight is 427 g/mol. The molecule has 26 heavy (non-hydrogen) atoms.